The van der Waals surface area contributed by atoms with Crippen LogP contribution in [0, 0.1) is 0 Å². The summed E-state index contributed by atoms with van der Waals surface area (Å²) in [7, 11) is 0. The zero-order valence-electron chi connectivity index (χ0n) is 11.0. The molecule has 0 saturated heterocycles. The van der Waals surface area contributed by atoms with Crippen LogP contribution in [0.15, 0.2) is 47.5 Å². The summed E-state index contributed by atoms with van der Waals surface area (Å²) in [4.78, 5) is 20.4. The molecule has 3 rings (SSSR count). The summed E-state index contributed by atoms with van der Waals surface area (Å²) in [6.07, 6.45) is 7.38. The number of carbonyl (C=O) groups excluding carboxylic acids is 1. The molecule has 20 heavy (non-hydrogen) atoms. The van der Waals surface area contributed by atoms with Crippen molar-refractivity contribution in [1.82, 2.24) is 19.7 Å². The van der Waals surface area contributed by atoms with Crippen molar-refractivity contribution in [2.75, 3.05) is 0 Å². The largest absolute Gasteiger partial charge is 0.469 e. The van der Waals surface area contributed by atoms with E-state index in [0.29, 0.717) is 17.9 Å². The summed E-state index contributed by atoms with van der Waals surface area (Å²) >= 11 is 0. The topological polar surface area (TPSA) is 72.4 Å². The Morgan fingerprint density at radius 2 is 2.40 bits per heavy atom. The Kier molecular flexibility index (Phi) is 3.20. The second-order valence-corrected chi connectivity index (χ2v) is 4.61. The van der Waals surface area contributed by atoms with Crippen molar-refractivity contribution in [2.45, 2.75) is 19.4 Å². The van der Waals surface area contributed by atoms with Gasteiger partial charge in [-0.15, -0.1) is 0 Å². The number of aromatic nitrogens is 3. The molecule has 0 fully saturated rings. The molecule has 3 aromatic rings. The summed E-state index contributed by atoms with van der Waals surface area (Å²) in [5.41, 5.74) is 0.356. The summed E-state index contributed by atoms with van der Waals surface area (Å²) in [6, 6.07) is 5.47. The maximum absolute atomic E-state index is 12.1. The van der Waals surface area contributed by atoms with Gasteiger partial charge in [-0.3, -0.25) is 9.20 Å². The average molecular weight is 270 g/mol. The standard InChI is InChI=1S/C14H14N4O2/c1-10(8-11-4-2-7-20-11)16-13(19)12-9-18-6-3-5-15-14(18)17-12/h2-7,9-10H,8H2,1H3,(H,16,19)/t10-/m1/s1. The molecule has 1 atom stereocenters. The lowest BCUT2D eigenvalue weighted by atomic mass is 10.2. The second-order valence-electron chi connectivity index (χ2n) is 4.61. The van der Waals surface area contributed by atoms with Gasteiger partial charge in [-0.2, -0.15) is 0 Å². The van der Waals surface area contributed by atoms with Crippen molar-refractivity contribution in [3.8, 4) is 0 Å². The van der Waals surface area contributed by atoms with Gasteiger partial charge in [-0.05, 0) is 25.1 Å². The third-order valence-corrected chi connectivity index (χ3v) is 2.93. The molecule has 6 nitrogen and oxygen atoms in total. The van der Waals surface area contributed by atoms with Gasteiger partial charge in [0.2, 0.25) is 5.78 Å². The van der Waals surface area contributed by atoms with E-state index in [1.54, 1.807) is 35.3 Å². The molecule has 0 unspecified atom stereocenters. The van der Waals surface area contributed by atoms with Crippen LogP contribution >= 0.6 is 0 Å². The van der Waals surface area contributed by atoms with Crippen LogP contribution < -0.4 is 5.32 Å². The first-order chi connectivity index (χ1) is 9.72. The van der Waals surface area contributed by atoms with Crippen LogP contribution in [0.25, 0.3) is 5.78 Å². The Hall–Kier alpha value is -2.63. The molecule has 6 heteroatoms. The number of carbonyl (C=O) groups is 1. The van der Waals surface area contributed by atoms with Crippen LogP contribution in [0.5, 0.6) is 0 Å². The smallest absolute Gasteiger partial charge is 0.271 e. The van der Waals surface area contributed by atoms with Gasteiger partial charge in [0, 0.05) is 31.1 Å². The van der Waals surface area contributed by atoms with E-state index in [0.717, 1.165) is 5.76 Å². The number of hydrogen-bond acceptors (Lipinski definition) is 4. The monoisotopic (exact) mass is 270 g/mol. The summed E-state index contributed by atoms with van der Waals surface area (Å²) in [6.45, 7) is 1.93. The number of nitrogens with zero attached hydrogens (tertiary/aromatic N) is 3. The lowest BCUT2D eigenvalue weighted by molar-refractivity contribution is 0.0935. The Balaban J connectivity index is 1.69. The highest BCUT2D eigenvalue weighted by Gasteiger charge is 2.14. The maximum Gasteiger partial charge on any atom is 0.271 e. The predicted molar refractivity (Wildman–Crippen MR) is 72.3 cm³/mol. The van der Waals surface area contributed by atoms with E-state index in [-0.39, 0.29) is 11.9 Å². The van der Waals surface area contributed by atoms with Crippen molar-refractivity contribution in [3.63, 3.8) is 0 Å². The fourth-order valence-corrected chi connectivity index (χ4v) is 2.02. The molecule has 0 bridgehead atoms. The van der Waals surface area contributed by atoms with Crippen LogP contribution in [0.3, 0.4) is 0 Å². The van der Waals surface area contributed by atoms with E-state index >= 15 is 0 Å². The normalized spacial score (nSPS) is 12.4. The number of fused-ring (bicyclic) bond motifs is 1. The molecule has 3 heterocycles. The molecule has 102 valence electrons. The zero-order chi connectivity index (χ0) is 13.9. The van der Waals surface area contributed by atoms with Crippen molar-refractivity contribution in [3.05, 3.63) is 54.5 Å². The van der Waals surface area contributed by atoms with E-state index in [2.05, 4.69) is 15.3 Å². The Morgan fingerprint density at radius 3 is 3.15 bits per heavy atom. The van der Waals surface area contributed by atoms with E-state index in [1.165, 1.54) is 0 Å². The van der Waals surface area contributed by atoms with Gasteiger partial charge in [0.15, 0.2) is 0 Å². The lowest BCUT2D eigenvalue weighted by Crippen LogP contribution is -2.34. The van der Waals surface area contributed by atoms with Gasteiger partial charge in [0.05, 0.1) is 6.26 Å². The van der Waals surface area contributed by atoms with Crippen molar-refractivity contribution in [1.29, 1.82) is 0 Å². The van der Waals surface area contributed by atoms with Crippen LogP contribution in [0.1, 0.15) is 23.2 Å². The number of amides is 1. The molecule has 0 radical (unpaired) electrons. The summed E-state index contributed by atoms with van der Waals surface area (Å²) in [5.74, 6) is 1.14. The van der Waals surface area contributed by atoms with E-state index in [9.17, 15) is 4.79 Å². The molecule has 1 amide bonds. The van der Waals surface area contributed by atoms with Crippen LogP contribution in [-0.2, 0) is 6.42 Å². The summed E-state index contributed by atoms with van der Waals surface area (Å²) < 4.78 is 6.97. The molecule has 0 aliphatic rings. The van der Waals surface area contributed by atoms with Gasteiger partial charge in [0.25, 0.3) is 5.91 Å². The van der Waals surface area contributed by atoms with Crippen LogP contribution in [0.4, 0.5) is 0 Å². The zero-order valence-corrected chi connectivity index (χ0v) is 11.0. The third kappa shape index (κ3) is 2.54. The van der Waals surface area contributed by atoms with Crippen LogP contribution in [0.2, 0.25) is 0 Å². The lowest BCUT2D eigenvalue weighted by Gasteiger charge is -2.10. The molecular formula is C14H14N4O2. The maximum atomic E-state index is 12.1. The van der Waals surface area contributed by atoms with E-state index < -0.39 is 0 Å². The van der Waals surface area contributed by atoms with Gasteiger partial charge in [-0.25, -0.2) is 9.97 Å². The van der Waals surface area contributed by atoms with Gasteiger partial charge in [-0.1, -0.05) is 0 Å². The molecule has 0 aliphatic heterocycles. The summed E-state index contributed by atoms with van der Waals surface area (Å²) in [5, 5.41) is 2.89. The van der Waals surface area contributed by atoms with Crippen molar-refractivity contribution in [2.24, 2.45) is 0 Å². The Bertz CT molecular complexity index is 685. The molecule has 3 aromatic heterocycles. The highest BCUT2D eigenvalue weighted by molar-refractivity contribution is 5.92. The predicted octanol–water partition coefficient (Wildman–Crippen LogP) is 1.68. The number of nitrogens with one attached hydrogen (secondary N) is 1. The van der Waals surface area contributed by atoms with E-state index in [1.807, 2.05) is 19.1 Å². The first kappa shape index (κ1) is 12.4. The number of rotatable bonds is 4. The van der Waals surface area contributed by atoms with Gasteiger partial charge in [0.1, 0.15) is 11.5 Å². The Morgan fingerprint density at radius 1 is 1.50 bits per heavy atom. The molecular weight excluding hydrogens is 256 g/mol. The molecule has 0 aliphatic carbocycles. The van der Waals surface area contributed by atoms with Crippen molar-refractivity contribution >= 4 is 11.7 Å². The van der Waals surface area contributed by atoms with Gasteiger partial charge >= 0.3 is 0 Å². The minimum atomic E-state index is -0.213. The highest BCUT2D eigenvalue weighted by atomic mass is 16.3. The van der Waals surface area contributed by atoms with Crippen molar-refractivity contribution < 1.29 is 9.21 Å². The fourth-order valence-electron chi connectivity index (χ4n) is 2.02. The van der Waals surface area contributed by atoms with Crippen LogP contribution in [-0.4, -0.2) is 26.3 Å². The number of furan rings is 1. The second kappa shape index (κ2) is 5.16. The quantitative estimate of drug-likeness (QED) is 0.783. The molecule has 0 spiro atoms. The van der Waals surface area contributed by atoms with Gasteiger partial charge < -0.3 is 9.73 Å². The SMILES string of the molecule is C[C@H](Cc1ccco1)NC(=O)c1cn2cccnc2n1. The average Bonchev–Trinajstić information content (AvgIpc) is 3.06. The fraction of sp³-hybridized carbons (Fsp3) is 0.214. The highest BCUT2D eigenvalue weighted by Crippen LogP contribution is 2.06. The Labute approximate surface area is 115 Å². The third-order valence-electron chi connectivity index (χ3n) is 2.93. The first-order valence-corrected chi connectivity index (χ1v) is 6.35. The number of imidazole rings is 1. The minimum absolute atomic E-state index is 0.0357. The molecule has 1 N–H and O–H groups in total. The van der Waals surface area contributed by atoms with E-state index in [4.69, 9.17) is 4.42 Å². The molecule has 0 aromatic carbocycles. The first-order valence-electron chi connectivity index (χ1n) is 6.35. The number of hydrogen-bond donors (Lipinski definition) is 1. The minimum Gasteiger partial charge on any atom is -0.469 e. The molecule has 0 saturated carbocycles.